The smallest absolute Gasteiger partial charge is 0.229 e. The Balaban J connectivity index is 1.71. The van der Waals surface area contributed by atoms with E-state index in [0.717, 1.165) is 24.3 Å². The summed E-state index contributed by atoms with van der Waals surface area (Å²) in [6, 6.07) is 0. The zero-order chi connectivity index (χ0) is 14.8. The van der Waals surface area contributed by atoms with Gasteiger partial charge in [0.05, 0.1) is 24.0 Å². The van der Waals surface area contributed by atoms with E-state index in [-0.39, 0.29) is 17.7 Å². The first-order valence-corrected chi connectivity index (χ1v) is 7.20. The van der Waals surface area contributed by atoms with Crippen molar-refractivity contribution in [1.29, 1.82) is 0 Å². The fourth-order valence-electron chi connectivity index (χ4n) is 2.77. The number of nitrogens with one attached hydrogen (secondary N) is 2. The van der Waals surface area contributed by atoms with Crippen LogP contribution in [0.25, 0.3) is 0 Å². The molecule has 21 heavy (non-hydrogen) atoms. The fraction of sp³-hybridized carbons (Fsp3) is 0.500. The van der Waals surface area contributed by atoms with Gasteiger partial charge in [-0.1, -0.05) is 0 Å². The van der Waals surface area contributed by atoms with Crippen molar-refractivity contribution in [3.8, 4) is 0 Å². The van der Waals surface area contributed by atoms with Crippen LogP contribution >= 0.6 is 0 Å². The maximum absolute atomic E-state index is 12.5. The lowest BCUT2D eigenvalue weighted by Gasteiger charge is -2.16. The molecule has 1 saturated heterocycles. The van der Waals surface area contributed by atoms with Crippen molar-refractivity contribution in [2.75, 3.05) is 18.4 Å². The van der Waals surface area contributed by atoms with E-state index in [1.807, 2.05) is 32.6 Å². The van der Waals surface area contributed by atoms with Gasteiger partial charge < -0.3 is 10.6 Å². The van der Waals surface area contributed by atoms with Gasteiger partial charge in [-0.25, -0.2) is 0 Å². The molecule has 2 N–H and O–H groups in total. The molecule has 0 unspecified atom stereocenters. The number of rotatable bonds is 4. The van der Waals surface area contributed by atoms with Gasteiger partial charge in [-0.2, -0.15) is 10.2 Å². The fourth-order valence-corrected chi connectivity index (χ4v) is 2.77. The summed E-state index contributed by atoms with van der Waals surface area (Å²) < 4.78 is 3.56. The van der Waals surface area contributed by atoms with Crippen molar-refractivity contribution in [3.05, 3.63) is 30.4 Å². The second-order valence-electron chi connectivity index (χ2n) is 5.39. The maximum atomic E-state index is 12.5. The highest BCUT2D eigenvalue weighted by molar-refractivity contribution is 5.93. The molecule has 3 rings (SSSR count). The van der Waals surface area contributed by atoms with E-state index < -0.39 is 0 Å². The third-order valence-electron chi connectivity index (χ3n) is 3.93. The van der Waals surface area contributed by atoms with Gasteiger partial charge in [0.15, 0.2) is 0 Å². The molecule has 0 spiro atoms. The van der Waals surface area contributed by atoms with E-state index in [9.17, 15) is 4.79 Å². The lowest BCUT2D eigenvalue weighted by molar-refractivity contribution is -0.119. The number of hydrogen-bond donors (Lipinski definition) is 2. The van der Waals surface area contributed by atoms with Crippen LogP contribution in [0.5, 0.6) is 0 Å². The molecule has 1 aliphatic heterocycles. The molecule has 0 aliphatic carbocycles. The SMILES string of the molecule is CCn1cc(NC(=O)[C@H]2CNC[C@@H]2c2cnn(C)c2)cn1. The van der Waals surface area contributed by atoms with E-state index in [0.29, 0.717) is 6.54 Å². The minimum absolute atomic E-state index is 0.0320. The van der Waals surface area contributed by atoms with Gasteiger partial charge in [0.25, 0.3) is 0 Å². The zero-order valence-electron chi connectivity index (χ0n) is 12.3. The molecule has 2 atom stereocenters. The Morgan fingerprint density at radius 3 is 2.90 bits per heavy atom. The van der Waals surface area contributed by atoms with Crippen LogP contribution in [0.2, 0.25) is 0 Å². The largest absolute Gasteiger partial charge is 0.323 e. The van der Waals surface area contributed by atoms with E-state index in [2.05, 4.69) is 20.8 Å². The highest BCUT2D eigenvalue weighted by Crippen LogP contribution is 2.28. The normalized spacial score (nSPS) is 21.6. The van der Waals surface area contributed by atoms with Gasteiger partial charge >= 0.3 is 0 Å². The van der Waals surface area contributed by atoms with Gasteiger partial charge in [0, 0.05) is 45.0 Å². The summed E-state index contributed by atoms with van der Waals surface area (Å²) in [5.74, 6) is 0.114. The molecule has 3 heterocycles. The molecule has 1 amide bonds. The van der Waals surface area contributed by atoms with Gasteiger partial charge in [-0.15, -0.1) is 0 Å². The highest BCUT2D eigenvalue weighted by atomic mass is 16.2. The Hall–Kier alpha value is -2.15. The van der Waals surface area contributed by atoms with Crippen molar-refractivity contribution >= 4 is 11.6 Å². The number of hydrogen-bond acceptors (Lipinski definition) is 4. The second-order valence-corrected chi connectivity index (χ2v) is 5.39. The van der Waals surface area contributed by atoms with E-state index in [4.69, 9.17) is 0 Å². The van der Waals surface area contributed by atoms with Crippen molar-refractivity contribution in [2.24, 2.45) is 13.0 Å². The van der Waals surface area contributed by atoms with Crippen LogP contribution in [-0.4, -0.2) is 38.6 Å². The predicted molar refractivity (Wildman–Crippen MR) is 78.8 cm³/mol. The predicted octanol–water partition coefficient (Wildman–Crippen LogP) is 0.578. The zero-order valence-corrected chi connectivity index (χ0v) is 12.3. The molecule has 0 radical (unpaired) electrons. The number of nitrogens with zero attached hydrogens (tertiary/aromatic N) is 4. The number of anilines is 1. The molecule has 0 bridgehead atoms. The van der Waals surface area contributed by atoms with Crippen LogP contribution in [0, 0.1) is 5.92 Å². The van der Waals surface area contributed by atoms with Crippen LogP contribution in [0.3, 0.4) is 0 Å². The molecule has 0 aromatic carbocycles. The molecule has 2 aromatic heterocycles. The minimum atomic E-state index is -0.0841. The molecular formula is C14H20N6O. The van der Waals surface area contributed by atoms with Crippen LogP contribution in [0.4, 0.5) is 5.69 Å². The van der Waals surface area contributed by atoms with Crippen molar-refractivity contribution in [1.82, 2.24) is 24.9 Å². The Morgan fingerprint density at radius 2 is 2.24 bits per heavy atom. The van der Waals surface area contributed by atoms with Gasteiger partial charge in [0.1, 0.15) is 0 Å². The Labute approximate surface area is 123 Å². The topological polar surface area (TPSA) is 76.8 Å². The molecular weight excluding hydrogens is 268 g/mol. The van der Waals surface area contributed by atoms with E-state index in [1.54, 1.807) is 15.6 Å². The van der Waals surface area contributed by atoms with Crippen LogP contribution in [0.1, 0.15) is 18.4 Å². The Kier molecular flexibility index (Phi) is 3.74. The molecule has 0 saturated carbocycles. The summed E-state index contributed by atoms with van der Waals surface area (Å²) >= 11 is 0. The summed E-state index contributed by atoms with van der Waals surface area (Å²) in [5.41, 5.74) is 1.85. The number of carbonyl (C=O) groups is 1. The second kappa shape index (κ2) is 5.69. The summed E-state index contributed by atoms with van der Waals surface area (Å²) in [6.07, 6.45) is 7.35. The third kappa shape index (κ3) is 2.82. The average molecular weight is 288 g/mol. The quantitative estimate of drug-likeness (QED) is 0.863. The van der Waals surface area contributed by atoms with Crippen molar-refractivity contribution < 1.29 is 4.79 Å². The monoisotopic (exact) mass is 288 g/mol. The first-order valence-electron chi connectivity index (χ1n) is 7.20. The summed E-state index contributed by atoms with van der Waals surface area (Å²) in [4.78, 5) is 12.5. The van der Waals surface area contributed by atoms with Gasteiger partial charge in [0.2, 0.25) is 5.91 Å². The molecule has 7 heteroatoms. The number of aromatic nitrogens is 4. The molecule has 1 fully saturated rings. The molecule has 112 valence electrons. The van der Waals surface area contributed by atoms with Crippen LogP contribution in [-0.2, 0) is 18.4 Å². The Bertz CT molecular complexity index is 631. The first kappa shape index (κ1) is 13.8. The summed E-state index contributed by atoms with van der Waals surface area (Å²) in [5, 5.41) is 14.6. The van der Waals surface area contributed by atoms with Crippen LogP contribution < -0.4 is 10.6 Å². The van der Waals surface area contributed by atoms with E-state index in [1.165, 1.54) is 0 Å². The van der Waals surface area contributed by atoms with Gasteiger partial charge in [-0.05, 0) is 12.5 Å². The lowest BCUT2D eigenvalue weighted by atomic mass is 9.90. The number of amides is 1. The number of carbonyl (C=O) groups excluding carboxylic acids is 1. The van der Waals surface area contributed by atoms with Crippen LogP contribution in [0.15, 0.2) is 24.8 Å². The Morgan fingerprint density at radius 1 is 1.38 bits per heavy atom. The standard InChI is InChI=1S/C14H20N6O/c1-3-20-9-11(5-17-20)18-14(21)13-7-15-6-12(13)10-4-16-19(2)8-10/h4-5,8-9,12-13,15H,3,6-7H2,1-2H3,(H,18,21)/t12-,13+/m1/s1. The molecule has 1 aliphatic rings. The number of aryl methyl sites for hydroxylation is 2. The summed E-state index contributed by atoms with van der Waals surface area (Å²) in [6.45, 7) is 4.29. The maximum Gasteiger partial charge on any atom is 0.229 e. The molecule has 7 nitrogen and oxygen atoms in total. The van der Waals surface area contributed by atoms with Gasteiger partial charge in [-0.3, -0.25) is 14.2 Å². The first-order chi connectivity index (χ1) is 10.2. The third-order valence-corrected chi connectivity index (χ3v) is 3.93. The highest BCUT2D eigenvalue weighted by Gasteiger charge is 2.34. The summed E-state index contributed by atoms with van der Waals surface area (Å²) in [7, 11) is 1.89. The average Bonchev–Trinajstić information content (AvgIpc) is 3.17. The lowest BCUT2D eigenvalue weighted by Crippen LogP contribution is -2.27. The molecule has 2 aromatic rings. The minimum Gasteiger partial charge on any atom is -0.323 e. The van der Waals surface area contributed by atoms with Crippen molar-refractivity contribution in [2.45, 2.75) is 19.4 Å². The van der Waals surface area contributed by atoms with Crippen molar-refractivity contribution in [3.63, 3.8) is 0 Å². The van der Waals surface area contributed by atoms with E-state index >= 15 is 0 Å².